The maximum atomic E-state index is 14.0. The first-order chi connectivity index (χ1) is 20.8. The number of aryl methyl sites for hydroxylation is 1. The molecular formula is C37H45N3O3. The second-order valence-corrected chi connectivity index (χ2v) is 12.2. The van der Waals surface area contributed by atoms with Gasteiger partial charge in [-0.15, -0.1) is 0 Å². The number of hydrogen-bond donors (Lipinski definition) is 1. The van der Waals surface area contributed by atoms with Crippen LogP contribution in [-0.2, 0) is 22.4 Å². The fourth-order valence-corrected chi connectivity index (χ4v) is 6.29. The van der Waals surface area contributed by atoms with Crippen LogP contribution in [0.3, 0.4) is 0 Å². The first-order valence-corrected chi connectivity index (χ1v) is 15.6. The first kappa shape index (κ1) is 30.6. The molecule has 1 N–H and O–H groups in total. The van der Waals surface area contributed by atoms with Gasteiger partial charge in [0.1, 0.15) is 5.75 Å². The number of nitrogens with zero attached hydrogens (tertiary/aromatic N) is 2. The number of nitrogens with one attached hydrogen (secondary N) is 1. The second kappa shape index (κ2) is 14.0. The van der Waals surface area contributed by atoms with Crippen molar-refractivity contribution in [2.45, 2.75) is 64.5 Å². The molecule has 6 heteroatoms. The summed E-state index contributed by atoms with van der Waals surface area (Å²) in [6.45, 7) is 8.48. The molecule has 2 heterocycles. The minimum atomic E-state index is -0.177. The van der Waals surface area contributed by atoms with Crippen LogP contribution in [0.2, 0.25) is 0 Å². The normalized spacial score (nSPS) is 18.1. The third kappa shape index (κ3) is 7.55. The van der Waals surface area contributed by atoms with Crippen LogP contribution >= 0.6 is 0 Å². The molecule has 3 aromatic rings. The molecule has 0 aromatic heterocycles. The molecule has 0 aliphatic carbocycles. The number of rotatable bonds is 11. The summed E-state index contributed by atoms with van der Waals surface area (Å²) in [5, 5.41) is 3.65. The Hall–Kier alpha value is -3.90. The molecule has 0 radical (unpaired) electrons. The lowest BCUT2D eigenvalue weighted by Crippen LogP contribution is -2.61. The summed E-state index contributed by atoms with van der Waals surface area (Å²) < 4.78 is 6.13. The number of hydrogen-bond acceptors (Lipinski definition) is 4. The van der Waals surface area contributed by atoms with Crippen LogP contribution in [0, 0.1) is 0 Å². The molecule has 2 aliphatic heterocycles. The predicted molar refractivity (Wildman–Crippen MR) is 173 cm³/mol. The SMILES string of the molecule is CC(=O)N1C[C@H]2CC(c3ccc(CCCOc4ccccc4C(C)C)cc3)=C(C(=O)N(C)CCc3ccccc3)[C@@H](C1)N2. The molecule has 2 amide bonds. The van der Waals surface area contributed by atoms with Crippen LogP contribution in [0.25, 0.3) is 5.57 Å². The molecular weight excluding hydrogens is 534 g/mol. The number of amides is 2. The van der Waals surface area contributed by atoms with E-state index in [1.165, 1.54) is 16.7 Å². The van der Waals surface area contributed by atoms with Crippen molar-refractivity contribution in [3.63, 3.8) is 0 Å². The molecule has 1 saturated heterocycles. The molecule has 2 atom stereocenters. The topological polar surface area (TPSA) is 61.9 Å². The van der Waals surface area contributed by atoms with Gasteiger partial charge in [0.05, 0.1) is 12.6 Å². The summed E-state index contributed by atoms with van der Waals surface area (Å²) in [6, 6.07) is 27.2. The van der Waals surface area contributed by atoms with Gasteiger partial charge in [-0.25, -0.2) is 0 Å². The summed E-state index contributed by atoms with van der Waals surface area (Å²) in [5.41, 5.74) is 6.71. The Labute approximate surface area is 256 Å². The molecule has 5 rings (SSSR count). The molecule has 226 valence electrons. The largest absolute Gasteiger partial charge is 0.493 e. The van der Waals surface area contributed by atoms with Gasteiger partial charge in [0.2, 0.25) is 5.91 Å². The Bertz CT molecular complexity index is 1430. The lowest BCUT2D eigenvalue weighted by Gasteiger charge is -2.44. The van der Waals surface area contributed by atoms with Gasteiger partial charge in [-0.1, -0.05) is 86.6 Å². The van der Waals surface area contributed by atoms with Crippen LogP contribution in [-0.4, -0.2) is 67.0 Å². The maximum Gasteiger partial charge on any atom is 0.251 e. The van der Waals surface area contributed by atoms with Crippen LogP contribution in [0.15, 0.2) is 84.4 Å². The highest BCUT2D eigenvalue weighted by atomic mass is 16.5. The van der Waals surface area contributed by atoms with E-state index in [4.69, 9.17) is 4.74 Å². The van der Waals surface area contributed by atoms with E-state index in [0.717, 1.165) is 48.1 Å². The van der Waals surface area contributed by atoms with Crippen molar-refractivity contribution in [2.75, 3.05) is 33.3 Å². The molecule has 0 spiro atoms. The minimum absolute atomic E-state index is 0.0372. The van der Waals surface area contributed by atoms with Gasteiger partial charge in [0.15, 0.2) is 0 Å². The van der Waals surface area contributed by atoms with Gasteiger partial charge in [-0.2, -0.15) is 0 Å². The zero-order valence-corrected chi connectivity index (χ0v) is 26.0. The van der Waals surface area contributed by atoms with Gasteiger partial charge in [-0.3, -0.25) is 9.59 Å². The molecule has 1 fully saturated rings. The van der Waals surface area contributed by atoms with E-state index in [1.54, 1.807) is 6.92 Å². The van der Waals surface area contributed by atoms with Crippen molar-refractivity contribution in [1.82, 2.24) is 15.1 Å². The number of fused-ring (bicyclic) bond motifs is 2. The lowest BCUT2D eigenvalue weighted by atomic mass is 9.82. The molecule has 3 aromatic carbocycles. The number of para-hydroxylation sites is 1. The van der Waals surface area contributed by atoms with Gasteiger partial charge >= 0.3 is 0 Å². The van der Waals surface area contributed by atoms with E-state index in [9.17, 15) is 9.59 Å². The Morgan fingerprint density at radius 2 is 1.63 bits per heavy atom. The minimum Gasteiger partial charge on any atom is -0.493 e. The highest BCUT2D eigenvalue weighted by molar-refractivity contribution is 6.03. The van der Waals surface area contributed by atoms with Crippen LogP contribution in [0.5, 0.6) is 5.75 Å². The van der Waals surface area contributed by atoms with E-state index in [-0.39, 0.29) is 23.9 Å². The van der Waals surface area contributed by atoms with Crippen LogP contribution in [0.4, 0.5) is 0 Å². The zero-order chi connectivity index (χ0) is 30.3. The van der Waals surface area contributed by atoms with E-state index >= 15 is 0 Å². The fourth-order valence-electron chi connectivity index (χ4n) is 6.29. The Morgan fingerprint density at radius 3 is 2.35 bits per heavy atom. The molecule has 43 heavy (non-hydrogen) atoms. The average molecular weight is 580 g/mol. The van der Waals surface area contributed by atoms with Crippen molar-refractivity contribution in [3.05, 3.63) is 107 Å². The number of ether oxygens (including phenoxy) is 1. The van der Waals surface area contributed by atoms with Crippen LogP contribution in [0.1, 0.15) is 61.8 Å². The van der Waals surface area contributed by atoms with Gasteiger partial charge in [0.25, 0.3) is 5.91 Å². The van der Waals surface area contributed by atoms with Gasteiger partial charge in [0, 0.05) is 45.2 Å². The Kier molecular flexibility index (Phi) is 9.98. The van der Waals surface area contributed by atoms with E-state index in [1.807, 2.05) is 41.1 Å². The standard InChI is InChI=1S/C37H45N3O3/c1-26(2)32-14-8-9-15-35(32)43-22-10-13-29-16-18-30(19-17-29)33-23-31-24-40(27(3)41)25-34(38-31)36(33)37(42)39(4)21-20-28-11-6-5-7-12-28/h5-9,11-12,14-19,26,31,34,38H,10,13,20-25H2,1-4H3/t31-,34-/m1/s1. The third-order valence-corrected chi connectivity index (χ3v) is 8.72. The Balaban J connectivity index is 1.30. The van der Waals surface area contributed by atoms with E-state index in [2.05, 4.69) is 73.8 Å². The van der Waals surface area contributed by atoms with E-state index < -0.39 is 0 Å². The molecule has 0 saturated carbocycles. The lowest BCUT2D eigenvalue weighted by molar-refractivity contribution is -0.132. The van der Waals surface area contributed by atoms with Crippen LogP contribution < -0.4 is 10.1 Å². The quantitative estimate of drug-likeness (QED) is 0.289. The van der Waals surface area contributed by atoms with Gasteiger partial charge in [-0.05, 0) is 65.5 Å². The molecule has 0 unspecified atom stereocenters. The molecule has 2 aliphatic rings. The molecule has 6 nitrogen and oxygen atoms in total. The Morgan fingerprint density at radius 1 is 0.930 bits per heavy atom. The summed E-state index contributed by atoms with van der Waals surface area (Å²) in [7, 11) is 1.89. The van der Waals surface area contributed by atoms with Crippen molar-refractivity contribution < 1.29 is 14.3 Å². The average Bonchev–Trinajstić information content (AvgIpc) is 3.02. The van der Waals surface area contributed by atoms with Crippen molar-refractivity contribution in [2.24, 2.45) is 0 Å². The van der Waals surface area contributed by atoms with Crippen molar-refractivity contribution in [3.8, 4) is 5.75 Å². The number of carbonyl (C=O) groups is 2. The summed E-state index contributed by atoms with van der Waals surface area (Å²) in [5.74, 6) is 1.50. The smallest absolute Gasteiger partial charge is 0.251 e. The zero-order valence-electron chi connectivity index (χ0n) is 26.0. The maximum absolute atomic E-state index is 14.0. The number of carbonyl (C=O) groups excluding carboxylic acids is 2. The fraction of sp³-hybridized carbons (Fsp3) is 0.405. The van der Waals surface area contributed by atoms with Crippen molar-refractivity contribution in [1.29, 1.82) is 0 Å². The number of piperazine rings is 1. The second-order valence-electron chi connectivity index (χ2n) is 12.2. The van der Waals surface area contributed by atoms with E-state index in [0.29, 0.717) is 32.2 Å². The highest BCUT2D eigenvalue weighted by Crippen LogP contribution is 2.34. The van der Waals surface area contributed by atoms with Gasteiger partial charge < -0.3 is 19.9 Å². The highest BCUT2D eigenvalue weighted by Gasteiger charge is 2.39. The third-order valence-electron chi connectivity index (χ3n) is 8.72. The van der Waals surface area contributed by atoms with Crippen molar-refractivity contribution >= 4 is 17.4 Å². The molecule has 2 bridgehead atoms. The summed E-state index contributed by atoms with van der Waals surface area (Å²) in [6.07, 6.45) is 3.38. The number of benzene rings is 3. The summed E-state index contributed by atoms with van der Waals surface area (Å²) >= 11 is 0. The first-order valence-electron chi connectivity index (χ1n) is 15.6. The number of likely N-dealkylation sites (N-methyl/N-ethyl adjacent to an activating group) is 1. The monoisotopic (exact) mass is 579 g/mol. The summed E-state index contributed by atoms with van der Waals surface area (Å²) in [4.78, 5) is 30.0. The predicted octanol–water partition coefficient (Wildman–Crippen LogP) is 5.87.